The molecule has 0 aromatic carbocycles. The topological polar surface area (TPSA) is 104 Å². The molecule has 0 spiro atoms. The second kappa shape index (κ2) is 11.6. The lowest BCUT2D eigenvalue weighted by Gasteiger charge is -2.26. The lowest BCUT2D eigenvalue weighted by atomic mass is 10.1. The van der Waals surface area contributed by atoms with Gasteiger partial charge in [0, 0.05) is 48.6 Å². The number of aromatic nitrogens is 3. The van der Waals surface area contributed by atoms with Crippen LogP contribution in [-0.2, 0) is 21.9 Å². The van der Waals surface area contributed by atoms with Crippen LogP contribution in [0, 0.1) is 17.4 Å². The van der Waals surface area contributed by atoms with Crippen LogP contribution in [0.4, 0.5) is 5.00 Å². The van der Waals surface area contributed by atoms with Crippen LogP contribution in [0.15, 0.2) is 53.4 Å². The summed E-state index contributed by atoms with van der Waals surface area (Å²) in [6.07, 6.45) is 7.77. The van der Waals surface area contributed by atoms with Crippen LogP contribution in [0.2, 0.25) is 5.15 Å². The molecule has 3 aromatic heterocycles. The van der Waals surface area contributed by atoms with Crippen molar-refractivity contribution in [2.75, 3.05) is 24.8 Å². The summed E-state index contributed by atoms with van der Waals surface area (Å²) in [5.74, 6) is 0.478. The number of rotatable bonds is 10. The maximum absolute atomic E-state index is 13.5. The molecular weight excluding hydrogens is 504 g/mol. The van der Waals surface area contributed by atoms with Gasteiger partial charge in [0.05, 0.1) is 22.6 Å². The minimum absolute atomic E-state index is 0.0981. The zero-order valence-corrected chi connectivity index (χ0v) is 22.5. The van der Waals surface area contributed by atoms with Gasteiger partial charge in [-0.25, -0.2) is 9.19 Å². The number of allylic oxidation sites excluding steroid dienone is 1. The molecule has 0 amide bonds. The molecule has 0 aliphatic rings. The number of hydrogen-bond donors (Lipinski definition) is 0. The molecule has 0 N–H and O–H groups in total. The van der Waals surface area contributed by atoms with Crippen molar-refractivity contribution in [3.8, 4) is 22.6 Å². The normalized spacial score (nSPS) is 13.4. The zero-order valence-electron chi connectivity index (χ0n) is 20.1. The number of methoxy groups -OCH3 is 1. The highest BCUT2D eigenvalue weighted by Crippen LogP contribution is 2.41. The molecule has 11 heteroatoms. The smallest absolute Gasteiger partial charge is 0.249 e. The summed E-state index contributed by atoms with van der Waals surface area (Å²) in [4.78, 5) is 14.9. The Hall–Kier alpha value is -3.00. The van der Waals surface area contributed by atoms with Crippen LogP contribution in [0.5, 0.6) is 5.88 Å². The van der Waals surface area contributed by atoms with Crippen molar-refractivity contribution in [2.45, 2.75) is 26.0 Å². The zero-order chi connectivity index (χ0) is 25.6. The molecule has 0 saturated carbocycles. The Balaban J connectivity index is 1.83. The highest BCUT2D eigenvalue weighted by Gasteiger charge is 2.24. The average Bonchev–Trinajstić information content (AvgIpc) is 3.29. The Kier molecular flexibility index (Phi) is 8.83. The first-order chi connectivity index (χ1) is 16.7. The second-order valence-corrected chi connectivity index (χ2v) is 11.7. The van der Waals surface area contributed by atoms with Gasteiger partial charge in [0.25, 0.3) is 0 Å². The predicted octanol–water partition coefficient (Wildman–Crippen LogP) is 5.56. The molecular formula is C24H27ClN6O2S2. The van der Waals surface area contributed by atoms with E-state index in [-0.39, 0.29) is 17.4 Å². The Morgan fingerprint density at radius 2 is 2.14 bits per heavy atom. The molecule has 3 rings (SSSR count). The van der Waals surface area contributed by atoms with E-state index in [0.717, 1.165) is 27.6 Å². The number of pyridine rings is 2. The van der Waals surface area contributed by atoms with Crippen molar-refractivity contribution in [1.82, 2.24) is 15.0 Å². The highest BCUT2D eigenvalue weighted by atomic mass is 35.5. The average molecular weight is 531 g/mol. The molecule has 184 valence electrons. The maximum atomic E-state index is 13.5. The highest BCUT2D eigenvalue weighted by molar-refractivity contribution is 7.92. The fourth-order valence-electron chi connectivity index (χ4n) is 3.47. The molecule has 35 heavy (non-hydrogen) atoms. The molecule has 2 unspecified atom stereocenters. The number of ether oxygens (including phenoxy) is 1. The maximum Gasteiger partial charge on any atom is 0.249 e. The summed E-state index contributed by atoms with van der Waals surface area (Å²) in [7, 11) is 0.554. The monoisotopic (exact) mass is 530 g/mol. The van der Waals surface area contributed by atoms with Crippen LogP contribution in [0.1, 0.15) is 25.0 Å². The van der Waals surface area contributed by atoms with Gasteiger partial charge < -0.3 is 9.64 Å². The summed E-state index contributed by atoms with van der Waals surface area (Å²) in [5, 5.41) is 11.1. The van der Waals surface area contributed by atoms with Gasteiger partial charge in [-0.15, -0.1) is 4.36 Å². The number of halogens is 1. The number of aryl methyl sites for hydroxylation is 1. The summed E-state index contributed by atoms with van der Waals surface area (Å²) >= 11 is 7.31. The minimum atomic E-state index is -2.88. The third-order valence-electron chi connectivity index (χ3n) is 5.43. The predicted molar refractivity (Wildman–Crippen MR) is 142 cm³/mol. The fraction of sp³-hybridized carbons (Fsp3) is 0.333. The Bertz CT molecular complexity index is 1360. The lowest BCUT2D eigenvalue weighted by Crippen LogP contribution is -2.25. The van der Waals surface area contributed by atoms with Crippen LogP contribution in [-0.4, -0.2) is 39.1 Å². The molecule has 0 saturated heterocycles. The van der Waals surface area contributed by atoms with Crippen LogP contribution >= 0.6 is 22.9 Å². The van der Waals surface area contributed by atoms with Gasteiger partial charge in [-0.1, -0.05) is 49.4 Å². The molecule has 3 heterocycles. The fourth-order valence-corrected chi connectivity index (χ4v) is 6.66. The molecule has 0 aliphatic heterocycles. The first-order valence-corrected chi connectivity index (χ1v) is 13.9. The molecule has 8 nitrogen and oxygen atoms in total. The van der Waals surface area contributed by atoms with E-state index in [1.807, 2.05) is 25.1 Å². The first kappa shape index (κ1) is 26.6. The number of nitrogens with zero attached hydrogens (tertiary/aromatic N) is 6. The van der Waals surface area contributed by atoms with Crippen molar-refractivity contribution in [3.63, 3.8) is 0 Å². The third-order valence-corrected chi connectivity index (χ3v) is 9.03. The first-order valence-electron chi connectivity index (χ1n) is 10.8. The van der Waals surface area contributed by atoms with Crippen LogP contribution in [0.25, 0.3) is 10.6 Å². The summed E-state index contributed by atoms with van der Waals surface area (Å²) in [6.45, 7) is 8.22. The van der Waals surface area contributed by atoms with Crippen LogP contribution < -0.4 is 9.64 Å². The second-order valence-electron chi connectivity index (χ2n) is 7.98. The van der Waals surface area contributed by atoms with E-state index < -0.39 is 9.73 Å². The third kappa shape index (κ3) is 6.57. The largest absolute Gasteiger partial charge is 0.479 e. The van der Waals surface area contributed by atoms with Gasteiger partial charge in [0.15, 0.2) is 5.00 Å². The summed E-state index contributed by atoms with van der Waals surface area (Å²) in [6, 6.07) is 5.43. The van der Waals surface area contributed by atoms with Crippen molar-refractivity contribution in [3.05, 3.63) is 65.3 Å². The van der Waals surface area contributed by atoms with E-state index in [4.69, 9.17) is 16.3 Å². The van der Waals surface area contributed by atoms with Crippen molar-refractivity contribution < 1.29 is 8.95 Å². The van der Waals surface area contributed by atoms with E-state index in [2.05, 4.69) is 38.9 Å². The summed E-state index contributed by atoms with van der Waals surface area (Å²) in [5.41, 5.74) is 3.44. The SMILES string of the molecule is C=C(C(C)CS(=O)(Cc1ccc(Cl)nc1)=NC#N)N(C)c1sc(-c2cncc(CC)c2)nc1OC. The molecule has 0 bridgehead atoms. The Labute approximate surface area is 215 Å². The standard InChI is InChI=1S/C24H27ClN6O2S2/c1-6-18-9-20(12-27-10-18)23-30-22(33-5)24(34-23)31(4)17(3)16(2)13-35(32,29-15-26)14-19-7-8-21(25)28-11-19/h7-12,16H,3,6,13-14H2,1-2,4-5H3. The van der Waals surface area contributed by atoms with Crippen LogP contribution in [0.3, 0.4) is 0 Å². The van der Waals surface area contributed by atoms with Gasteiger partial charge >= 0.3 is 0 Å². The minimum Gasteiger partial charge on any atom is -0.479 e. The molecule has 0 fully saturated rings. The van der Waals surface area contributed by atoms with Gasteiger partial charge in [0.2, 0.25) is 12.1 Å². The summed E-state index contributed by atoms with van der Waals surface area (Å²) < 4.78 is 22.9. The van der Waals surface area contributed by atoms with E-state index in [1.165, 1.54) is 11.3 Å². The molecule has 3 aromatic rings. The number of thiazole rings is 1. The number of nitriles is 1. The quantitative estimate of drug-likeness (QED) is 0.249. The van der Waals surface area contributed by atoms with Gasteiger partial charge in [-0.3, -0.25) is 4.98 Å². The molecule has 0 radical (unpaired) electrons. The molecule has 2 atom stereocenters. The van der Waals surface area contributed by atoms with Crippen molar-refractivity contribution in [2.24, 2.45) is 10.3 Å². The number of hydrogen-bond acceptors (Lipinski definition) is 9. The van der Waals surface area contributed by atoms with E-state index in [0.29, 0.717) is 22.3 Å². The number of anilines is 1. The van der Waals surface area contributed by atoms with Crippen molar-refractivity contribution in [1.29, 1.82) is 5.26 Å². The van der Waals surface area contributed by atoms with E-state index in [9.17, 15) is 9.47 Å². The van der Waals surface area contributed by atoms with E-state index >= 15 is 0 Å². The van der Waals surface area contributed by atoms with Gasteiger partial charge in [-0.2, -0.15) is 10.2 Å². The van der Waals surface area contributed by atoms with E-state index in [1.54, 1.807) is 37.8 Å². The van der Waals surface area contributed by atoms with Gasteiger partial charge in [-0.05, 0) is 29.7 Å². The Morgan fingerprint density at radius 1 is 1.37 bits per heavy atom. The lowest BCUT2D eigenvalue weighted by molar-refractivity contribution is 0.401. The van der Waals surface area contributed by atoms with Gasteiger partial charge in [0.1, 0.15) is 10.2 Å². The molecule has 0 aliphatic carbocycles. The van der Waals surface area contributed by atoms with Crippen molar-refractivity contribution >= 4 is 37.7 Å². The Morgan fingerprint density at radius 3 is 2.77 bits per heavy atom.